The molecule has 0 fully saturated rings. The van der Waals surface area contributed by atoms with Gasteiger partial charge in [-0.25, -0.2) is 9.78 Å². The molecule has 0 radical (unpaired) electrons. The number of amides is 3. The molecule has 0 saturated heterocycles. The van der Waals surface area contributed by atoms with Crippen LogP contribution in [0.3, 0.4) is 0 Å². The van der Waals surface area contributed by atoms with E-state index >= 15 is 0 Å². The molecule has 0 unspecified atom stereocenters. The van der Waals surface area contributed by atoms with Crippen molar-refractivity contribution in [2.45, 2.75) is 20.3 Å². The van der Waals surface area contributed by atoms with Gasteiger partial charge in [0.2, 0.25) is 0 Å². The van der Waals surface area contributed by atoms with E-state index in [9.17, 15) is 9.59 Å². The lowest BCUT2D eigenvalue weighted by Gasteiger charge is -2.11. The van der Waals surface area contributed by atoms with Crippen LogP contribution in [0.2, 0.25) is 0 Å². The van der Waals surface area contributed by atoms with Crippen molar-refractivity contribution in [2.24, 2.45) is 0 Å². The van der Waals surface area contributed by atoms with Gasteiger partial charge in [0.1, 0.15) is 5.82 Å². The summed E-state index contributed by atoms with van der Waals surface area (Å²) in [5, 5.41) is 5.54. The van der Waals surface area contributed by atoms with Crippen molar-refractivity contribution in [2.75, 3.05) is 26.0 Å². The van der Waals surface area contributed by atoms with E-state index in [0.29, 0.717) is 24.3 Å². The number of aryl methyl sites for hydroxylation is 2. The SMILES string of the molecule is Cc1cc(C)nc(NC(=O)NCCc2cccc(C(=O)N(C)C)c2)c1. The average Bonchev–Trinajstić information content (AvgIpc) is 2.53. The standard InChI is InChI=1S/C19H24N4O2/c1-13-10-14(2)21-17(11-13)22-19(25)20-9-8-15-6-5-7-16(12-15)18(24)23(3)4/h5-7,10-12H,8-9H2,1-4H3,(H2,20,21,22,25). The second kappa shape index (κ2) is 8.28. The Bertz CT molecular complexity index is 752. The number of anilines is 1. The molecule has 0 aliphatic heterocycles. The van der Waals surface area contributed by atoms with Crippen LogP contribution in [0.1, 0.15) is 27.2 Å². The quantitative estimate of drug-likeness (QED) is 0.879. The number of hydrogen-bond acceptors (Lipinski definition) is 3. The molecule has 0 saturated carbocycles. The molecule has 0 atom stereocenters. The van der Waals surface area contributed by atoms with Gasteiger partial charge in [-0.1, -0.05) is 12.1 Å². The van der Waals surface area contributed by atoms with Crippen LogP contribution < -0.4 is 10.6 Å². The Hall–Kier alpha value is -2.89. The molecule has 2 N–H and O–H groups in total. The van der Waals surface area contributed by atoms with Crippen molar-refractivity contribution < 1.29 is 9.59 Å². The van der Waals surface area contributed by atoms with Crippen LogP contribution in [0.4, 0.5) is 10.6 Å². The number of carbonyl (C=O) groups is 2. The average molecular weight is 340 g/mol. The van der Waals surface area contributed by atoms with Crippen molar-refractivity contribution in [3.05, 3.63) is 58.8 Å². The minimum Gasteiger partial charge on any atom is -0.345 e. The van der Waals surface area contributed by atoms with Crippen molar-refractivity contribution in [1.29, 1.82) is 0 Å². The van der Waals surface area contributed by atoms with Gasteiger partial charge in [0, 0.05) is 31.9 Å². The van der Waals surface area contributed by atoms with Crippen LogP contribution in [0.5, 0.6) is 0 Å². The maximum atomic E-state index is 12.0. The summed E-state index contributed by atoms with van der Waals surface area (Å²) in [6.45, 7) is 4.31. The lowest BCUT2D eigenvalue weighted by atomic mass is 10.1. The molecule has 3 amide bonds. The predicted molar refractivity (Wildman–Crippen MR) is 98.9 cm³/mol. The number of hydrogen-bond donors (Lipinski definition) is 2. The summed E-state index contributed by atoms with van der Waals surface area (Å²) in [5.41, 5.74) is 3.55. The number of aromatic nitrogens is 1. The Morgan fingerprint density at radius 2 is 1.88 bits per heavy atom. The number of carbonyl (C=O) groups excluding carboxylic acids is 2. The van der Waals surface area contributed by atoms with Crippen LogP contribution >= 0.6 is 0 Å². The van der Waals surface area contributed by atoms with Crippen molar-refractivity contribution >= 4 is 17.8 Å². The second-order valence-corrected chi connectivity index (χ2v) is 6.20. The fraction of sp³-hybridized carbons (Fsp3) is 0.316. The van der Waals surface area contributed by atoms with Crippen molar-refractivity contribution in [1.82, 2.24) is 15.2 Å². The predicted octanol–water partition coefficient (Wildman–Crippen LogP) is 2.76. The van der Waals surface area contributed by atoms with Gasteiger partial charge in [0.05, 0.1) is 0 Å². The highest BCUT2D eigenvalue weighted by Crippen LogP contribution is 2.09. The Labute approximate surface area is 148 Å². The van der Waals surface area contributed by atoms with Crippen LogP contribution in [-0.4, -0.2) is 42.5 Å². The van der Waals surface area contributed by atoms with Gasteiger partial charge in [-0.15, -0.1) is 0 Å². The molecule has 0 aliphatic carbocycles. The first-order chi connectivity index (χ1) is 11.8. The van der Waals surface area contributed by atoms with Gasteiger partial charge in [-0.3, -0.25) is 10.1 Å². The van der Waals surface area contributed by atoms with Gasteiger partial charge in [-0.05, 0) is 55.7 Å². The Kier molecular flexibility index (Phi) is 6.11. The van der Waals surface area contributed by atoms with E-state index in [-0.39, 0.29) is 11.9 Å². The van der Waals surface area contributed by atoms with E-state index in [1.165, 1.54) is 0 Å². The number of benzene rings is 1. The molecule has 0 aliphatic rings. The summed E-state index contributed by atoms with van der Waals surface area (Å²) in [4.78, 5) is 29.8. The van der Waals surface area contributed by atoms with Crippen LogP contribution in [0.25, 0.3) is 0 Å². The van der Waals surface area contributed by atoms with Crippen molar-refractivity contribution in [3.63, 3.8) is 0 Å². The number of nitrogens with zero attached hydrogens (tertiary/aromatic N) is 2. The maximum Gasteiger partial charge on any atom is 0.320 e. The molecule has 1 aromatic carbocycles. The summed E-state index contributed by atoms with van der Waals surface area (Å²) in [6.07, 6.45) is 0.641. The molecule has 132 valence electrons. The van der Waals surface area contributed by atoms with E-state index in [0.717, 1.165) is 16.8 Å². The molecular formula is C19H24N4O2. The van der Waals surface area contributed by atoms with E-state index in [1.54, 1.807) is 25.1 Å². The van der Waals surface area contributed by atoms with E-state index in [1.807, 2.05) is 44.2 Å². The first-order valence-electron chi connectivity index (χ1n) is 8.16. The van der Waals surface area contributed by atoms with Gasteiger partial charge in [0.15, 0.2) is 0 Å². The third-order valence-corrected chi connectivity index (χ3v) is 3.62. The molecule has 6 nitrogen and oxygen atoms in total. The molecule has 25 heavy (non-hydrogen) atoms. The molecular weight excluding hydrogens is 316 g/mol. The fourth-order valence-corrected chi connectivity index (χ4v) is 2.50. The van der Waals surface area contributed by atoms with Crippen LogP contribution in [0.15, 0.2) is 36.4 Å². The number of rotatable bonds is 5. The summed E-state index contributed by atoms with van der Waals surface area (Å²) < 4.78 is 0. The molecule has 6 heteroatoms. The molecule has 2 aromatic rings. The van der Waals surface area contributed by atoms with E-state index in [2.05, 4.69) is 15.6 Å². The first kappa shape index (κ1) is 18.4. The Morgan fingerprint density at radius 3 is 2.56 bits per heavy atom. The van der Waals surface area contributed by atoms with Gasteiger partial charge >= 0.3 is 6.03 Å². The molecule has 1 heterocycles. The number of urea groups is 1. The van der Waals surface area contributed by atoms with Crippen LogP contribution in [0, 0.1) is 13.8 Å². The lowest BCUT2D eigenvalue weighted by molar-refractivity contribution is 0.0827. The summed E-state index contributed by atoms with van der Waals surface area (Å²) in [7, 11) is 3.45. The third kappa shape index (κ3) is 5.60. The zero-order chi connectivity index (χ0) is 18.4. The highest BCUT2D eigenvalue weighted by molar-refractivity contribution is 5.94. The molecule has 0 bridgehead atoms. The summed E-state index contributed by atoms with van der Waals surface area (Å²) in [5.74, 6) is 0.502. The van der Waals surface area contributed by atoms with E-state index < -0.39 is 0 Å². The third-order valence-electron chi connectivity index (χ3n) is 3.62. The number of nitrogens with one attached hydrogen (secondary N) is 2. The second-order valence-electron chi connectivity index (χ2n) is 6.20. The minimum absolute atomic E-state index is 0.0338. The maximum absolute atomic E-state index is 12.0. The fourth-order valence-electron chi connectivity index (χ4n) is 2.50. The van der Waals surface area contributed by atoms with E-state index in [4.69, 9.17) is 0 Å². The Morgan fingerprint density at radius 1 is 1.12 bits per heavy atom. The minimum atomic E-state index is -0.293. The first-order valence-corrected chi connectivity index (χ1v) is 8.16. The summed E-state index contributed by atoms with van der Waals surface area (Å²) in [6, 6.07) is 10.9. The number of pyridine rings is 1. The van der Waals surface area contributed by atoms with Crippen molar-refractivity contribution in [3.8, 4) is 0 Å². The monoisotopic (exact) mass is 340 g/mol. The highest BCUT2D eigenvalue weighted by atomic mass is 16.2. The van der Waals surface area contributed by atoms with Gasteiger partial charge in [-0.2, -0.15) is 0 Å². The topological polar surface area (TPSA) is 74.3 Å². The zero-order valence-electron chi connectivity index (χ0n) is 15.1. The molecule has 2 rings (SSSR count). The molecule has 1 aromatic heterocycles. The normalized spacial score (nSPS) is 10.2. The van der Waals surface area contributed by atoms with Gasteiger partial charge < -0.3 is 10.2 Å². The Balaban J connectivity index is 1.87. The van der Waals surface area contributed by atoms with Crippen LogP contribution in [-0.2, 0) is 6.42 Å². The smallest absolute Gasteiger partial charge is 0.320 e. The summed E-state index contributed by atoms with van der Waals surface area (Å²) >= 11 is 0. The largest absolute Gasteiger partial charge is 0.345 e. The van der Waals surface area contributed by atoms with Gasteiger partial charge in [0.25, 0.3) is 5.91 Å². The molecule has 0 spiro atoms. The lowest BCUT2D eigenvalue weighted by Crippen LogP contribution is -2.31. The highest BCUT2D eigenvalue weighted by Gasteiger charge is 2.08. The zero-order valence-corrected chi connectivity index (χ0v) is 15.1.